The van der Waals surface area contributed by atoms with Crippen LogP contribution in [-0.2, 0) is 6.42 Å². The third kappa shape index (κ3) is 3.94. The van der Waals surface area contributed by atoms with Crippen LogP contribution in [0.3, 0.4) is 0 Å². The maximum absolute atomic E-state index is 12.1. The van der Waals surface area contributed by atoms with Gasteiger partial charge in [0.1, 0.15) is 5.82 Å². The number of pyridine rings is 1. The van der Waals surface area contributed by atoms with Crippen LogP contribution in [0.2, 0.25) is 0 Å². The minimum absolute atomic E-state index is 0.00570. The monoisotopic (exact) mass is 427 g/mol. The summed E-state index contributed by atoms with van der Waals surface area (Å²) in [5.74, 6) is 0.494. The summed E-state index contributed by atoms with van der Waals surface area (Å²) in [6.45, 7) is 8.38. The molecule has 0 saturated carbocycles. The molecule has 0 spiro atoms. The van der Waals surface area contributed by atoms with E-state index in [1.54, 1.807) is 0 Å². The lowest BCUT2D eigenvalue weighted by Crippen LogP contribution is -2.46. The number of fused-ring (bicyclic) bond motifs is 1. The summed E-state index contributed by atoms with van der Waals surface area (Å²) >= 11 is 0. The van der Waals surface area contributed by atoms with E-state index in [1.807, 2.05) is 18.3 Å². The average molecular weight is 428 g/mol. The Morgan fingerprint density at radius 2 is 1.69 bits per heavy atom. The molecule has 3 aromatic rings. The molecule has 0 unspecified atom stereocenters. The third-order valence-corrected chi connectivity index (χ3v) is 6.64. The molecule has 0 aliphatic carbocycles. The average Bonchev–Trinajstić information content (AvgIpc) is 2.84. The number of nitrogens with two attached hydrogens (primary N) is 1. The Kier molecular flexibility index (Phi) is 5.53. The molecule has 1 fully saturated rings. The molecule has 2 aromatic carbocycles. The van der Waals surface area contributed by atoms with Crippen LogP contribution in [0.4, 0.5) is 11.5 Å². The number of aromatic nitrogens is 1. The van der Waals surface area contributed by atoms with Crippen molar-refractivity contribution in [3.63, 3.8) is 0 Å². The fourth-order valence-corrected chi connectivity index (χ4v) is 4.65. The number of rotatable bonds is 4. The molecule has 32 heavy (non-hydrogen) atoms. The van der Waals surface area contributed by atoms with Gasteiger partial charge >= 0.3 is 0 Å². The van der Waals surface area contributed by atoms with Gasteiger partial charge in [0, 0.05) is 61.3 Å². The van der Waals surface area contributed by atoms with E-state index in [4.69, 9.17) is 5.73 Å². The molecule has 6 heteroatoms. The number of nitrogen functional groups attached to an aromatic ring is 1. The number of carbonyl (C=O) groups is 1. The molecule has 3 heterocycles. The van der Waals surface area contributed by atoms with Crippen LogP contribution in [0, 0.1) is 0 Å². The number of hydrogen-bond donors (Lipinski definition) is 2. The van der Waals surface area contributed by atoms with E-state index in [-0.39, 0.29) is 5.91 Å². The molecule has 1 aromatic heterocycles. The molecule has 1 saturated heterocycles. The lowest BCUT2D eigenvalue weighted by Gasteiger charge is -2.35. The second-order valence-electron chi connectivity index (χ2n) is 8.50. The van der Waals surface area contributed by atoms with Crippen LogP contribution >= 0.6 is 0 Å². The Hall–Kier alpha value is -3.38. The highest BCUT2D eigenvalue weighted by Gasteiger charge is 2.18. The number of benzene rings is 2. The van der Waals surface area contributed by atoms with Gasteiger partial charge in [-0.3, -0.25) is 4.79 Å². The number of amides is 1. The number of carbonyl (C=O) groups excluding carboxylic acids is 1. The van der Waals surface area contributed by atoms with Crippen molar-refractivity contribution in [1.29, 1.82) is 0 Å². The fraction of sp³-hybridized carbons (Fsp3) is 0.308. The Balaban J connectivity index is 1.40. The molecule has 6 nitrogen and oxygen atoms in total. The predicted octanol–water partition coefficient (Wildman–Crippen LogP) is 3.43. The van der Waals surface area contributed by atoms with Crippen LogP contribution in [0.5, 0.6) is 0 Å². The quantitative estimate of drug-likeness (QED) is 0.667. The first-order valence-electron chi connectivity index (χ1n) is 11.4. The minimum atomic E-state index is -0.00570. The number of hydrogen-bond acceptors (Lipinski definition) is 5. The fourth-order valence-electron chi connectivity index (χ4n) is 4.65. The zero-order valence-electron chi connectivity index (χ0n) is 18.5. The van der Waals surface area contributed by atoms with E-state index in [0.29, 0.717) is 12.4 Å². The van der Waals surface area contributed by atoms with Crippen LogP contribution < -0.4 is 16.0 Å². The van der Waals surface area contributed by atoms with Gasteiger partial charge in [-0.1, -0.05) is 31.2 Å². The number of piperazine rings is 1. The number of nitrogens with zero attached hydrogens (tertiary/aromatic N) is 3. The van der Waals surface area contributed by atoms with Crippen LogP contribution in [0.25, 0.3) is 22.3 Å². The Morgan fingerprint density at radius 1 is 0.938 bits per heavy atom. The highest BCUT2D eigenvalue weighted by Crippen LogP contribution is 2.32. The standard InChI is InChI=1S/C26H29N5O/c1-2-30-11-13-31(14-12-30)22-6-3-18(4-7-22)21-16-24(25(27)29-17-21)19-5-8-23-20(15-19)9-10-28-26(23)32/h3-8,15-17H,2,9-14H2,1H3,(H2,27,29)(H,28,32). The first kappa shape index (κ1) is 20.5. The first-order valence-corrected chi connectivity index (χ1v) is 11.4. The van der Waals surface area contributed by atoms with Crippen molar-refractivity contribution in [2.75, 3.05) is 49.9 Å². The summed E-state index contributed by atoms with van der Waals surface area (Å²) in [5, 5.41) is 2.89. The van der Waals surface area contributed by atoms with E-state index in [2.05, 4.69) is 63.4 Å². The summed E-state index contributed by atoms with van der Waals surface area (Å²) in [5.41, 5.74) is 13.4. The van der Waals surface area contributed by atoms with E-state index >= 15 is 0 Å². The van der Waals surface area contributed by atoms with Crippen molar-refractivity contribution in [2.45, 2.75) is 13.3 Å². The predicted molar refractivity (Wildman–Crippen MR) is 130 cm³/mol. The zero-order valence-corrected chi connectivity index (χ0v) is 18.5. The van der Waals surface area contributed by atoms with Gasteiger partial charge in [-0.25, -0.2) is 4.98 Å². The zero-order chi connectivity index (χ0) is 22.1. The Bertz CT molecular complexity index is 1130. The van der Waals surface area contributed by atoms with Crippen molar-refractivity contribution in [1.82, 2.24) is 15.2 Å². The topological polar surface area (TPSA) is 74.5 Å². The molecule has 0 radical (unpaired) electrons. The molecule has 0 bridgehead atoms. The van der Waals surface area contributed by atoms with E-state index < -0.39 is 0 Å². The normalized spacial score (nSPS) is 16.5. The van der Waals surface area contributed by atoms with Crippen molar-refractivity contribution >= 4 is 17.4 Å². The number of likely N-dealkylation sites (N-methyl/N-ethyl adjacent to an activating group) is 1. The van der Waals surface area contributed by atoms with Gasteiger partial charge in [-0.2, -0.15) is 0 Å². The van der Waals surface area contributed by atoms with Gasteiger partial charge in [-0.05, 0) is 53.9 Å². The lowest BCUT2D eigenvalue weighted by atomic mass is 9.94. The second kappa shape index (κ2) is 8.63. The molecule has 2 aliphatic heterocycles. The van der Waals surface area contributed by atoms with E-state index in [9.17, 15) is 4.79 Å². The SMILES string of the molecule is CCN1CCN(c2ccc(-c3cnc(N)c(-c4ccc5c(c4)CCNC5=O)c3)cc2)CC1. The molecule has 0 atom stereocenters. The smallest absolute Gasteiger partial charge is 0.251 e. The van der Waals surface area contributed by atoms with Crippen molar-refractivity contribution in [3.8, 4) is 22.3 Å². The highest BCUT2D eigenvalue weighted by atomic mass is 16.1. The molecular weight excluding hydrogens is 398 g/mol. The minimum Gasteiger partial charge on any atom is -0.383 e. The molecule has 5 rings (SSSR count). The summed E-state index contributed by atoms with van der Waals surface area (Å²) in [6, 6.07) is 16.7. The molecule has 1 amide bonds. The van der Waals surface area contributed by atoms with E-state index in [0.717, 1.165) is 72.5 Å². The summed E-state index contributed by atoms with van der Waals surface area (Å²) in [7, 11) is 0. The van der Waals surface area contributed by atoms with Gasteiger partial charge in [-0.15, -0.1) is 0 Å². The van der Waals surface area contributed by atoms with Gasteiger partial charge < -0.3 is 20.9 Å². The third-order valence-electron chi connectivity index (χ3n) is 6.64. The molecule has 164 valence electrons. The van der Waals surface area contributed by atoms with Gasteiger partial charge in [0.25, 0.3) is 5.91 Å². The second-order valence-corrected chi connectivity index (χ2v) is 8.50. The lowest BCUT2D eigenvalue weighted by molar-refractivity contribution is 0.0946. The Morgan fingerprint density at radius 3 is 2.44 bits per heavy atom. The van der Waals surface area contributed by atoms with Gasteiger partial charge in [0.05, 0.1) is 0 Å². The molecular formula is C26H29N5O. The van der Waals surface area contributed by atoms with Gasteiger partial charge in [0.2, 0.25) is 0 Å². The summed E-state index contributed by atoms with van der Waals surface area (Å²) in [6.07, 6.45) is 2.66. The Labute approximate surface area is 189 Å². The number of anilines is 2. The molecule has 2 aliphatic rings. The van der Waals surface area contributed by atoms with Crippen LogP contribution in [0.1, 0.15) is 22.8 Å². The van der Waals surface area contributed by atoms with Crippen LogP contribution in [0.15, 0.2) is 54.7 Å². The van der Waals surface area contributed by atoms with E-state index in [1.165, 1.54) is 5.69 Å². The highest BCUT2D eigenvalue weighted by molar-refractivity contribution is 5.97. The number of nitrogens with one attached hydrogen (secondary N) is 1. The largest absolute Gasteiger partial charge is 0.383 e. The van der Waals surface area contributed by atoms with Gasteiger partial charge in [0.15, 0.2) is 0 Å². The van der Waals surface area contributed by atoms with Crippen molar-refractivity contribution < 1.29 is 4.79 Å². The first-order chi connectivity index (χ1) is 15.6. The maximum atomic E-state index is 12.1. The molecule has 3 N–H and O–H groups in total. The summed E-state index contributed by atoms with van der Waals surface area (Å²) < 4.78 is 0. The maximum Gasteiger partial charge on any atom is 0.251 e. The van der Waals surface area contributed by atoms with Crippen molar-refractivity contribution in [2.24, 2.45) is 0 Å². The summed E-state index contributed by atoms with van der Waals surface area (Å²) in [4.78, 5) is 21.5. The van der Waals surface area contributed by atoms with Crippen LogP contribution in [-0.4, -0.2) is 55.1 Å². The van der Waals surface area contributed by atoms with Crippen molar-refractivity contribution in [3.05, 3.63) is 65.9 Å².